The van der Waals surface area contributed by atoms with Gasteiger partial charge in [0.25, 0.3) is 0 Å². The van der Waals surface area contributed by atoms with E-state index in [1.54, 1.807) is 18.2 Å². The third kappa shape index (κ3) is 4.66. The molecule has 0 aromatic heterocycles. The van der Waals surface area contributed by atoms with Crippen LogP contribution in [-0.4, -0.2) is 23.0 Å². The van der Waals surface area contributed by atoms with Gasteiger partial charge in [0.2, 0.25) is 5.91 Å². The van der Waals surface area contributed by atoms with Crippen LogP contribution in [0.3, 0.4) is 0 Å². The van der Waals surface area contributed by atoms with E-state index in [-0.39, 0.29) is 0 Å². The Morgan fingerprint density at radius 1 is 1.35 bits per heavy atom. The molecule has 0 spiro atoms. The number of aliphatic carboxylic acids is 1. The normalized spacial score (nSPS) is 12.4. The maximum Gasteiger partial charge on any atom is 0.320 e. The van der Waals surface area contributed by atoms with E-state index in [9.17, 15) is 9.59 Å². The minimum Gasteiger partial charge on any atom is -0.480 e. The Kier molecular flexibility index (Phi) is 5.70. The Bertz CT molecular complexity index is 498. The summed E-state index contributed by atoms with van der Waals surface area (Å²) in [6.45, 7) is 6.31. The molecule has 1 unspecified atom stereocenters. The topological polar surface area (TPSA) is 92.4 Å². The predicted octanol–water partition coefficient (Wildman–Crippen LogP) is 1.68. The molecule has 110 valence electrons. The van der Waals surface area contributed by atoms with Crippen LogP contribution in [0.4, 0.5) is 0 Å². The molecule has 1 atom stereocenters. The van der Waals surface area contributed by atoms with E-state index in [2.05, 4.69) is 5.32 Å². The Balaban J connectivity index is 2.73. The maximum absolute atomic E-state index is 11.2. The van der Waals surface area contributed by atoms with E-state index in [1.807, 2.05) is 20.8 Å². The van der Waals surface area contributed by atoms with Crippen LogP contribution >= 0.6 is 0 Å². The number of aryl methyl sites for hydroxylation is 1. The highest BCUT2D eigenvalue weighted by atomic mass is 16.4. The summed E-state index contributed by atoms with van der Waals surface area (Å²) in [4.78, 5) is 22.2. The van der Waals surface area contributed by atoms with E-state index < -0.39 is 17.9 Å². The number of nitrogens with two attached hydrogens (primary N) is 1. The van der Waals surface area contributed by atoms with Gasteiger partial charge in [-0.15, -0.1) is 0 Å². The van der Waals surface area contributed by atoms with Crippen molar-refractivity contribution in [2.24, 2.45) is 11.7 Å². The molecule has 20 heavy (non-hydrogen) atoms. The fourth-order valence-corrected chi connectivity index (χ4v) is 2.02. The molecule has 0 bridgehead atoms. The summed E-state index contributed by atoms with van der Waals surface area (Å²) < 4.78 is 0. The lowest BCUT2D eigenvalue weighted by molar-refractivity contribution is -0.140. The number of amides is 1. The van der Waals surface area contributed by atoms with Crippen LogP contribution in [0.5, 0.6) is 0 Å². The smallest absolute Gasteiger partial charge is 0.320 e. The van der Waals surface area contributed by atoms with E-state index in [0.29, 0.717) is 24.4 Å². The monoisotopic (exact) mass is 278 g/mol. The van der Waals surface area contributed by atoms with Crippen LogP contribution < -0.4 is 11.1 Å². The first-order valence-electron chi connectivity index (χ1n) is 6.66. The summed E-state index contributed by atoms with van der Waals surface area (Å²) in [6.07, 6.45) is 0.577. The van der Waals surface area contributed by atoms with Crippen LogP contribution in [0.25, 0.3) is 0 Å². The Morgan fingerprint density at radius 3 is 2.45 bits per heavy atom. The van der Waals surface area contributed by atoms with Crippen LogP contribution in [0, 0.1) is 12.8 Å². The quantitative estimate of drug-likeness (QED) is 0.707. The fourth-order valence-electron chi connectivity index (χ4n) is 2.02. The minimum absolute atomic E-state index is 0.307. The van der Waals surface area contributed by atoms with Crippen molar-refractivity contribution >= 4 is 11.9 Å². The summed E-state index contributed by atoms with van der Waals surface area (Å²) in [5, 5.41) is 12.2. The molecule has 4 N–H and O–H groups in total. The molecule has 0 aliphatic rings. The van der Waals surface area contributed by atoms with Crippen LogP contribution in [0.2, 0.25) is 0 Å². The zero-order valence-corrected chi connectivity index (χ0v) is 12.1. The summed E-state index contributed by atoms with van der Waals surface area (Å²) in [7, 11) is 0. The van der Waals surface area contributed by atoms with Crippen molar-refractivity contribution in [1.82, 2.24) is 5.32 Å². The molecule has 0 fully saturated rings. The highest BCUT2D eigenvalue weighted by Gasteiger charge is 2.18. The van der Waals surface area contributed by atoms with E-state index in [0.717, 1.165) is 11.1 Å². The van der Waals surface area contributed by atoms with Crippen molar-refractivity contribution < 1.29 is 14.7 Å². The van der Waals surface area contributed by atoms with Gasteiger partial charge in [-0.05, 0) is 42.5 Å². The first-order chi connectivity index (χ1) is 9.31. The highest BCUT2D eigenvalue weighted by Crippen LogP contribution is 2.12. The lowest BCUT2D eigenvalue weighted by Crippen LogP contribution is -2.37. The zero-order chi connectivity index (χ0) is 15.3. The standard InChI is InChI=1S/C15H22N2O3/c1-9(2)6-13(15(19)20)17-8-12-5-4-11(14(16)18)7-10(12)3/h4-5,7,9,13,17H,6,8H2,1-3H3,(H2,16,18)(H,19,20). The molecule has 0 aliphatic heterocycles. The number of carbonyl (C=O) groups excluding carboxylic acids is 1. The van der Waals surface area contributed by atoms with E-state index >= 15 is 0 Å². The van der Waals surface area contributed by atoms with Crippen molar-refractivity contribution in [2.75, 3.05) is 0 Å². The lowest BCUT2D eigenvalue weighted by Gasteiger charge is -2.17. The van der Waals surface area contributed by atoms with Crippen LogP contribution in [0.1, 0.15) is 41.8 Å². The number of hydrogen-bond donors (Lipinski definition) is 3. The summed E-state index contributed by atoms with van der Waals surface area (Å²) in [5.41, 5.74) is 7.56. The molecular formula is C15H22N2O3. The van der Waals surface area contributed by atoms with Crippen LogP contribution in [-0.2, 0) is 11.3 Å². The lowest BCUT2D eigenvalue weighted by atomic mass is 10.0. The molecule has 5 heteroatoms. The number of primary amides is 1. The molecule has 1 rings (SSSR count). The Hall–Kier alpha value is -1.88. The van der Waals surface area contributed by atoms with Crippen molar-refractivity contribution in [1.29, 1.82) is 0 Å². The molecule has 1 amide bonds. The maximum atomic E-state index is 11.2. The Morgan fingerprint density at radius 2 is 2.00 bits per heavy atom. The average molecular weight is 278 g/mol. The number of carbonyl (C=O) groups is 2. The first kappa shape index (κ1) is 16.2. The molecular weight excluding hydrogens is 256 g/mol. The fraction of sp³-hybridized carbons (Fsp3) is 0.467. The molecule has 0 saturated heterocycles. The van der Waals surface area contributed by atoms with Gasteiger partial charge in [0.05, 0.1) is 0 Å². The van der Waals surface area contributed by atoms with Gasteiger partial charge in [0.1, 0.15) is 6.04 Å². The third-order valence-electron chi connectivity index (χ3n) is 3.17. The van der Waals surface area contributed by atoms with Gasteiger partial charge in [-0.1, -0.05) is 19.9 Å². The van der Waals surface area contributed by atoms with Crippen LogP contribution in [0.15, 0.2) is 18.2 Å². The van der Waals surface area contributed by atoms with Gasteiger partial charge in [-0.25, -0.2) is 0 Å². The third-order valence-corrected chi connectivity index (χ3v) is 3.17. The molecule has 0 aliphatic carbocycles. The molecule has 0 saturated carbocycles. The SMILES string of the molecule is Cc1cc(C(N)=O)ccc1CNC(CC(C)C)C(=O)O. The number of benzene rings is 1. The largest absolute Gasteiger partial charge is 0.480 e. The van der Waals surface area contributed by atoms with Gasteiger partial charge < -0.3 is 16.2 Å². The minimum atomic E-state index is -0.842. The average Bonchev–Trinajstić information content (AvgIpc) is 2.34. The first-order valence-corrected chi connectivity index (χ1v) is 6.66. The Labute approximate surface area is 119 Å². The molecule has 1 aromatic rings. The van der Waals surface area contributed by atoms with Crippen molar-refractivity contribution in [2.45, 2.75) is 39.8 Å². The van der Waals surface area contributed by atoms with Gasteiger partial charge >= 0.3 is 5.97 Å². The van der Waals surface area contributed by atoms with Crippen molar-refractivity contribution in [3.05, 3.63) is 34.9 Å². The number of hydrogen-bond acceptors (Lipinski definition) is 3. The number of carboxylic acid groups (broad SMARTS) is 1. The number of nitrogens with one attached hydrogen (secondary N) is 1. The van der Waals surface area contributed by atoms with E-state index in [4.69, 9.17) is 10.8 Å². The second-order valence-electron chi connectivity index (χ2n) is 5.41. The van der Waals surface area contributed by atoms with Gasteiger partial charge in [-0.2, -0.15) is 0 Å². The number of rotatable bonds is 7. The van der Waals surface area contributed by atoms with E-state index in [1.165, 1.54) is 0 Å². The second-order valence-corrected chi connectivity index (χ2v) is 5.41. The highest BCUT2D eigenvalue weighted by molar-refractivity contribution is 5.93. The zero-order valence-electron chi connectivity index (χ0n) is 12.1. The number of carboxylic acids is 1. The summed E-state index contributed by atoms with van der Waals surface area (Å²) >= 11 is 0. The molecule has 1 aromatic carbocycles. The summed E-state index contributed by atoms with van der Waals surface area (Å²) in [5.74, 6) is -0.997. The summed E-state index contributed by atoms with van der Waals surface area (Å²) in [6, 6.07) is 4.61. The molecule has 5 nitrogen and oxygen atoms in total. The van der Waals surface area contributed by atoms with Gasteiger partial charge in [-0.3, -0.25) is 9.59 Å². The predicted molar refractivity (Wildman–Crippen MR) is 77.4 cm³/mol. The molecule has 0 radical (unpaired) electrons. The van der Waals surface area contributed by atoms with Crippen molar-refractivity contribution in [3.63, 3.8) is 0 Å². The van der Waals surface area contributed by atoms with Gasteiger partial charge in [0, 0.05) is 12.1 Å². The second kappa shape index (κ2) is 7.05. The van der Waals surface area contributed by atoms with Gasteiger partial charge in [0.15, 0.2) is 0 Å². The van der Waals surface area contributed by atoms with Crippen molar-refractivity contribution in [3.8, 4) is 0 Å². The molecule has 0 heterocycles.